The lowest BCUT2D eigenvalue weighted by molar-refractivity contribution is -0.137. The number of halogens is 3. The second kappa shape index (κ2) is 11.1. The van der Waals surface area contributed by atoms with Crippen LogP contribution in [0, 0.1) is 0 Å². The van der Waals surface area contributed by atoms with E-state index < -0.39 is 29.2 Å². The molecule has 3 N–H and O–H groups in total. The molecule has 38 heavy (non-hydrogen) atoms. The number of nitrogens with one attached hydrogen (secondary N) is 3. The van der Waals surface area contributed by atoms with Crippen LogP contribution in [-0.2, 0) is 17.4 Å². The molecule has 0 aliphatic rings. The molecule has 0 saturated heterocycles. The average molecular weight is 539 g/mol. The zero-order valence-electron chi connectivity index (χ0n) is 20.6. The number of alkyl halides is 3. The molecule has 0 fully saturated rings. The Balaban J connectivity index is 1.46. The van der Waals surface area contributed by atoms with E-state index in [4.69, 9.17) is 0 Å². The highest BCUT2D eigenvalue weighted by Gasteiger charge is 2.32. The van der Waals surface area contributed by atoms with Crippen molar-refractivity contribution in [2.45, 2.75) is 32.0 Å². The lowest BCUT2D eigenvalue weighted by Gasteiger charge is -2.24. The van der Waals surface area contributed by atoms with E-state index in [2.05, 4.69) is 20.9 Å². The van der Waals surface area contributed by atoms with Gasteiger partial charge in [-0.15, -0.1) is 11.3 Å². The largest absolute Gasteiger partial charge is 0.416 e. The molecule has 10 heteroatoms. The number of benzene rings is 3. The predicted molar refractivity (Wildman–Crippen MR) is 143 cm³/mol. The smallest absolute Gasteiger partial charge is 0.324 e. The van der Waals surface area contributed by atoms with Crippen molar-refractivity contribution < 1.29 is 22.8 Å². The second-order valence-corrected chi connectivity index (χ2v) is 10.1. The van der Waals surface area contributed by atoms with Gasteiger partial charge in [0, 0.05) is 22.5 Å². The van der Waals surface area contributed by atoms with Crippen molar-refractivity contribution in [3.63, 3.8) is 0 Å². The monoisotopic (exact) mass is 538 g/mol. The molecule has 1 aromatic heterocycles. The Hall–Kier alpha value is -4.18. The topological polar surface area (TPSA) is 83.1 Å². The molecular weight excluding hydrogens is 513 g/mol. The van der Waals surface area contributed by atoms with Gasteiger partial charge in [0.2, 0.25) is 0 Å². The molecule has 0 aliphatic heterocycles. The fourth-order valence-electron chi connectivity index (χ4n) is 3.63. The highest BCUT2D eigenvalue weighted by atomic mass is 32.1. The zero-order valence-corrected chi connectivity index (χ0v) is 21.4. The maximum Gasteiger partial charge on any atom is 0.416 e. The minimum Gasteiger partial charge on any atom is -0.324 e. The molecule has 0 radical (unpaired) electrons. The number of urea groups is 1. The van der Waals surface area contributed by atoms with Gasteiger partial charge in [-0.3, -0.25) is 10.1 Å². The first kappa shape index (κ1) is 26.9. The summed E-state index contributed by atoms with van der Waals surface area (Å²) in [5, 5.41) is 8.18. The Labute approximate surface area is 221 Å². The predicted octanol–water partition coefficient (Wildman–Crippen LogP) is 6.96. The Kier molecular flexibility index (Phi) is 7.82. The first-order valence-electron chi connectivity index (χ1n) is 11.7. The summed E-state index contributed by atoms with van der Waals surface area (Å²) in [6.45, 7) is 3.04. The Morgan fingerprint density at radius 2 is 1.45 bits per heavy atom. The van der Waals surface area contributed by atoms with E-state index in [1.807, 2.05) is 60.7 Å². The maximum atomic E-state index is 13.1. The van der Waals surface area contributed by atoms with Gasteiger partial charge in [-0.25, -0.2) is 9.78 Å². The molecule has 196 valence electrons. The minimum atomic E-state index is -4.47. The molecule has 0 bridgehead atoms. The van der Waals surface area contributed by atoms with E-state index >= 15 is 0 Å². The fraction of sp³-hybridized carbons (Fsp3) is 0.179. The number of hydrogen-bond acceptors (Lipinski definition) is 4. The summed E-state index contributed by atoms with van der Waals surface area (Å²) in [6, 6.07) is 22.9. The van der Waals surface area contributed by atoms with Crippen LogP contribution in [0.25, 0.3) is 11.3 Å². The third kappa shape index (κ3) is 6.77. The normalized spacial score (nSPS) is 11.6. The first-order valence-corrected chi connectivity index (χ1v) is 12.5. The summed E-state index contributed by atoms with van der Waals surface area (Å²) in [4.78, 5) is 31.2. The molecule has 4 aromatic rings. The summed E-state index contributed by atoms with van der Waals surface area (Å²) in [7, 11) is 0. The van der Waals surface area contributed by atoms with E-state index in [-0.39, 0.29) is 5.69 Å². The number of carbonyl (C=O) groups excluding carboxylic acids is 2. The number of thiazole rings is 1. The highest BCUT2D eigenvalue weighted by molar-refractivity contribution is 7.16. The van der Waals surface area contributed by atoms with E-state index in [1.165, 1.54) is 25.2 Å². The third-order valence-corrected chi connectivity index (χ3v) is 6.61. The summed E-state index contributed by atoms with van der Waals surface area (Å²) in [6.07, 6.45) is -3.84. The van der Waals surface area contributed by atoms with Gasteiger partial charge in [-0.2, -0.15) is 13.2 Å². The van der Waals surface area contributed by atoms with Crippen LogP contribution >= 0.6 is 11.3 Å². The maximum absolute atomic E-state index is 13.1. The van der Waals surface area contributed by atoms with Crippen LogP contribution in [0.15, 0.2) is 84.9 Å². The van der Waals surface area contributed by atoms with Crippen molar-refractivity contribution in [3.05, 3.63) is 101 Å². The van der Waals surface area contributed by atoms with Gasteiger partial charge in [0.15, 0.2) is 5.13 Å². The standard InChI is InChI=1S/C28H25F3N4O2S/c1-27(2,35-25(37)32-21-15-13-20(14-16-21)28(29,30)31)24(36)34-26-33-23(19-11-7-4-8-12-19)22(38-26)17-18-9-5-3-6-10-18/h3-16H,17H2,1-2H3,(H2,32,35,37)(H,33,34,36). The molecule has 6 nitrogen and oxygen atoms in total. The minimum absolute atomic E-state index is 0.157. The summed E-state index contributed by atoms with van der Waals surface area (Å²) in [5.74, 6) is -0.500. The molecule has 0 unspecified atom stereocenters. The molecule has 0 spiro atoms. The highest BCUT2D eigenvalue weighted by Crippen LogP contribution is 2.33. The number of aromatic nitrogens is 1. The van der Waals surface area contributed by atoms with Gasteiger partial charge in [0.05, 0.1) is 11.3 Å². The van der Waals surface area contributed by atoms with Crippen molar-refractivity contribution in [2.24, 2.45) is 0 Å². The quantitative estimate of drug-likeness (QED) is 0.238. The number of hydrogen-bond donors (Lipinski definition) is 3. The van der Waals surface area contributed by atoms with Crippen LogP contribution in [-0.4, -0.2) is 22.5 Å². The van der Waals surface area contributed by atoms with Crippen molar-refractivity contribution in [1.82, 2.24) is 10.3 Å². The van der Waals surface area contributed by atoms with Crippen molar-refractivity contribution in [1.29, 1.82) is 0 Å². The first-order chi connectivity index (χ1) is 18.0. The Bertz CT molecular complexity index is 1400. The molecule has 0 aliphatic carbocycles. The third-order valence-electron chi connectivity index (χ3n) is 5.64. The lowest BCUT2D eigenvalue weighted by Crippen LogP contribution is -2.53. The van der Waals surface area contributed by atoms with Crippen molar-refractivity contribution in [2.75, 3.05) is 10.6 Å². The van der Waals surface area contributed by atoms with Gasteiger partial charge in [-0.1, -0.05) is 60.7 Å². The van der Waals surface area contributed by atoms with Crippen LogP contribution < -0.4 is 16.0 Å². The molecule has 4 rings (SSSR count). The van der Waals surface area contributed by atoms with Gasteiger partial charge in [0.1, 0.15) is 5.54 Å². The number of amides is 3. The Morgan fingerprint density at radius 3 is 2.05 bits per heavy atom. The van der Waals surface area contributed by atoms with Gasteiger partial charge in [0.25, 0.3) is 5.91 Å². The molecule has 0 atom stereocenters. The van der Waals surface area contributed by atoms with Crippen molar-refractivity contribution >= 4 is 34.1 Å². The molecule has 3 aromatic carbocycles. The van der Waals surface area contributed by atoms with Gasteiger partial charge < -0.3 is 10.6 Å². The van der Waals surface area contributed by atoms with E-state index in [9.17, 15) is 22.8 Å². The number of nitrogens with zero attached hydrogens (tertiary/aromatic N) is 1. The van der Waals surface area contributed by atoms with Crippen LogP contribution in [0.1, 0.15) is 29.9 Å². The molecule has 3 amide bonds. The Morgan fingerprint density at radius 1 is 0.842 bits per heavy atom. The van der Waals surface area contributed by atoms with E-state index in [1.54, 1.807) is 0 Å². The van der Waals surface area contributed by atoms with Crippen LogP contribution in [0.5, 0.6) is 0 Å². The van der Waals surface area contributed by atoms with E-state index in [0.717, 1.165) is 46.0 Å². The lowest BCUT2D eigenvalue weighted by atomic mass is 10.1. The summed E-state index contributed by atoms with van der Waals surface area (Å²) >= 11 is 1.36. The summed E-state index contributed by atoms with van der Waals surface area (Å²) in [5.41, 5.74) is 0.767. The van der Waals surface area contributed by atoms with E-state index in [0.29, 0.717) is 11.6 Å². The summed E-state index contributed by atoms with van der Waals surface area (Å²) < 4.78 is 38.3. The second-order valence-electron chi connectivity index (χ2n) is 9.05. The van der Waals surface area contributed by atoms with Gasteiger partial charge in [-0.05, 0) is 43.7 Å². The SMILES string of the molecule is CC(C)(NC(=O)Nc1ccc(C(F)(F)F)cc1)C(=O)Nc1nc(-c2ccccc2)c(Cc2ccccc2)s1. The fourth-order valence-corrected chi connectivity index (χ4v) is 4.64. The molecular formula is C28H25F3N4O2S. The zero-order chi connectivity index (χ0) is 27.3. The number of anilines is 2. The van der Waals surface area contributed by atoms with Gasteiger partial charge >= 0.3 is 12.2 Å². The average Bonchev–Trinajstić information content (AvgIpc) is 3.26. The van der Waals surface area contributed by atoms with Crippen LogP contribution in [0.3, 0.4) is 0 Å². The van der Waals surface area contributed by atoms with Crippen LogP contribution in [0.4, 0.5) is 28.8 Å². The number of carbonyl (C=O) groups is 2. The van der Waals surface area contributed by atoms with Crippen molar-refractivity contribution in [3.8, 4) is 11.3 Å². The van der Waals surface area contributed by atoms with Crippen LogP contribution in [0.2, 0.25) is 0 Å². The number of rotatable bonds is 7. The molecule has 0 saturated carbocycles. The molecule has 1 heterocycles.